The van der Waals surface area contributed by atoms with Crippen LogP contribution in [-0.4, -0.2) is 73.9 Å². The van der Waals surface area contributed by atoms with Crippen LogP contribution < -0.4 is 0 Å². The summed E-state index contributed by atoms with van der Waals surface area (Å²) in [6.45, 7) is 10.2. The summed E-state index contributed by atoms with van der Waals surface area (Å²) in [6, 6.07) is 0. The molecule has 0 radical (unpaired) electrons. The van der Waals surface area contributed by atoms with Crippen LogP contribution in [0.5, 0.6) is 0 Å². The smallest absolute Gasteiger partial charge is 0.172 e. The number of hydrogen-bond donors (Lipinski definition) is 0. The van der Waals surface area contributed by atoms with Crippen LogP contribution in [0.1, 0.15) is 78.1 Å². The SMILES string of the molecule is CN1CCC2(CC1)O[C@@]1(CC[C@@H]3[C@@H]4CC=C5CC6(CC[C@]5(C)[C@H]4CC[C@@]31C)OCCO6)CN2C. The van der Waals surface area contributed by atoms with E-state index in [1.807, 2.05) is 0 Å². The maximum atomic E-state index is 7.40. The standard InChI is InChI=1S/C29H46N2O3/c1-25-11-12-29(32-17-18-33-29)19-21(25)5-6-22-23(25)7-9-26(2)24(22)8-10-27(26)20-31(4)28(34-27)13-15-30(3)16-14-28/h5,22-24H,6-20H2,1-4H3/t22-,23+,24-,25+,26+,27+/m1/s1. The van der Waals surface area contributed by atoms with Gasteiger partial charge in [-0.2, -0.15) is 0 Å². The number of nitrogens with zero attached hydrogens (tertiary/aromatic N) is 2. The molecule has 0 aromatic carbocycles. The number of piperidine rings is 1. The maximum absolute atomic E-state index is 7.40. The minimum absolute atomic E-state index is 0.0220. The van der Waals surface area contributed by atoms with E-state index in [-0.39, 0.29) is 17.1 Å². The Balaban J connectivity index is 1.16. The summed E-state index contributed by atoms with van der Waals surface area (Å²) in [7, 11) is 4.61. The molecule has 0 N–H and O–H groups in total. The number of fused-ring (bicyclic) bond motifs is 6. The fraction of sp³-hybridized carbons (Fsp3) is 0.931. The Bertz CT molecular complexity index is 875. The number of likely N-dealkylation sites (tertiary alicyclic amines) is 1. The van der Waals surface area contributed by atoms with Crippen LogP contribution in [0.15, 0.2) is 11.6 Å². The third-order valence-corrected chi connectivity index (χ3v) is 12.6. The molecule has 3 saturated carbocycles. The highest BCUT2D eigenvalue weighted by molar-refractivity contribution is 5.28. The first-order valence-corrected chi connectivity index (χ1v) is 14.3. The van der Waals surface area contributed by atoms with E-state index in [0.717, 1.165) is 76.3 Å². The molecule has 0 bridgehead atoms. The molecule has 0 aromatic rings. The lowest BCUT2D eigenvalue weighted by molar-refractivity contribution is -0.207. The molecule has 190 valence electrons. The number of likely N-dealkylation sites (N-methyl/N-ethyl adjacent to an activating group) is 1. The van der Waals surface area contributed by atoms with Gasteiger partial charge in [-0.3, -0.25) is 4.90 Å². The van der Waals surface area contributed by atoms with E-state index < -0.39 is 0 Å². The highest BCUT2D eigenvalue weighted by Crippen LogP contribution is 2.70. The number of hydrogen-bond acceptors (Lipinski definition) is 5. The molecule has 5 heteroatoms. The third kappa shape index (κ3) is 2.85. The Hall–Kier alpha value is -0.460. The highest BCUT2D eigenvalue weighted by Gasteiger charge is 2.69. The average molecular weight is 471 g/mol. The van der Waals surface area contributed by atoms with Crippen LogP contribution >= 0.6 is 0 Å². The summed E-state index contributed by atoms with van der Waals surface area (Å²) < 4.78 is 19.7. The second-order valence-corrected chi connectivity index (χ2v) is 13.7. The van der Waals surface area contributed by atoms with Crippen LogP contribution in [0.4, 0.5) is 0 Å². The van der Waals surface area contributed by atoms with E-state index in [2.05, 4.69) is 43.8 Å². The van der Waals surface area contributed by atoms with Crippen molar-refractivity contribution in [1.29, 1.82) is 0 Å². The minimum Gasteiger partial charge on any atom is -0.352 e. The maximum Gasteiger partial charge on any atom is 0.172 e. The Morgan fingerprint density at radius 1 is 0.882 bits per heavy atom. The van der Waals surface area contributed by atoms with Crippen LogP contribution in [-0.2, 0) is 14.2 Å². The van der Waals surface area contributed by atoms with Gasteiger partial charge in [0.1, 0.15) is 5.72 Å². The predicted octanol–water partition coefficient (Wildman–Crippen LogP) is 4.82. The summed E-state index contributed by atoms with van der Waals surface area (Å²) in [5.41, 5.74) is 2.33. The lowest BCUT2D eigenvalue weighted by Gasteiger charge is -2.60. The largest absolute Gasteiger partial charge is 0.352 e. The zero-order chi connectivity index (χ0) is 23.4. The van der Waals surface area contributed by atoms with Crippen LogP contribution in [0.3, 0.4) is 0 Å². The van der Waals surface area contributed by atoms with Crippen molar-refractivity contribution in [3.63, 3.8) is 0 Å². The van der Waals surface area contributed by atoms with Crippen molar-refractivity contribution in [2.24, 2.45) is 28.6 Å². The molecular formula is C29H46N2O3. The summed E-state index contributed by atoms with van der Waals surface area (Å²) in [5, 5.41) is 0. The Labute approximate surface area is 206 Å². The number of rotatable bonds is 0. The molecule has 5 nitrogen and oxygen atoms in total. The predicted molar refractivity (Wildman–Crippen MR) is 132 cm³/mol. The molecule has 0 unspecified atom stereocenters. The van der Waals surface area contributed by atoms with E-state index >= 15 is 0 Å². The van der Waals surface area contributed by atoms with Crippen molar-refractivity contribution in [3.8, 4) is 0 Å². The van der Waals surface area contributed by atoms with E-state index in [1.54, 1.807) is 5.57 Å². The quantitative estimate of drug-likeness (QED) is 0.475. The molecule has 3 saturated heterocycles. The molecule has 3 aliphatic heterocycles. The topological polar surface area (TPSA) is 34.2 Å². The van der Waals surface area contributed by atoms with E-state index in [4.69, 9.17) is 14.2 Å². The van der Waals surface area contributed by atoms with Gasteiger partial charge in [0.2, 0.25) is 0 Å². The fourth-order valence-electron chi connectivity index (χ4n) is 10.3. The molecule has 7 aliphatic rings. The summed E-state index contributed by atoms with van der Waals surface area (Å²) in [5.74, 6) is 2.12. The molecule has 3 heterocycles. The molecule has 34 heavy (non-hydrogen) atoms. The molecular weight excluding hydrogens is 424 g/mol. The van der Waals surface area contributed by atoms with Gasteiger partial charge in [0, 0.05) is 50.7 Å². The van der Waals surface area contributed by atoms with Crippen molar-refractivity contribution in [2.45, 2.75) is 95.2 Å². The van der Waals surface area contributed by atoms with Gasteiger partial charge < -0.3 is 19.1 Å². The molecule has 7 rings (SSSR count). The van der Waals surface area contributed by atoms with Crippen molar-refractivity contribution in [2.75, 3.05) is 46.9 Å². The Morgan fingerprint density at radius 2 is 1.62 bits per heavy atom. The van der Waals surface area contributed by atoms with Gasteiger partial charge in [-0.1, -0.05) is 25.5 Å². The average Bonchev–Trinajstić information content (AvgIpc) is 3.47. The van der Waals surface area contributed by atoms with Crippen molar-refractivity contribution < 1.29 is 14.2 Å². The first-order valence-electron chi connectivity index (χ1n) is 14.3. The fourth-order valence-corrected chi connectivity index (χ4v) is 10.3. The lowest BCUT2D eigenvalue weighted by atomic mass is 9.46. The van der Waals surface area contributed by atoms with E-state index in [1.165, 1.54) is 38.5 Å². The molecule has 0 amide bonds. The van der Waals surface area contributed by atoms with E-state index in [9.17, 15) is 0 Å². The van der Waals surface area contributed by atoms with Gasteiger partial charge in [0.05, 0.1) is 18.8 Å². The second kappa shape index (κ2) is 7.31. The summed E-state index contributed by atoms with van der Waals surface area (Å²) in [4.78, 5) is 5.10. The van der Waals surface area contributed by atoms with Crippen LogP contribution in [0, 0.1) is 28.6 Å². The second-order valence-electron chi connectivity index (χ2n) is 13.7. The van der Waals surface area contributed by atoms with Gasteiger partial charge in [-0.05, 0) is 75.8 Å². The zero-order valence-corrected chi connectivity index (χ0v) is 22.0. The first-order chi connectivity index (χ1) is 16.2. The molecule has 6 fully saturated rings. The monoisotopic (exact) mass is 470 g/mol. The third-order valence-electron chi connectivity index (χ3n) is 12.6. The van der Waals surface area contributed by atoms with Crippen LogP contribution in [0.2, 0.25) is 0 Å². The lowest BCUT2D eigenvalue weighted by Crippen LogP contribution is -2.57. The number of ether oxygens (including phenoxy) is 3. The molecule has 4 aliphatic carbocycles. The highest BCUT2D eigenvalue weighted by atomic mass is 16.7. The summed E-state index contributed by atoms with van der Waals surface area (Å²) >= 11 is 0. The normalized spacial score (nSPS) is 49.9. The Morgan fingerprint density at radius 3 is 2.38 bits per heavy atom. The molecule has 6 atom stereocenters. The summed E-state index contributed by atoms with van der Waals surface area (Å²) in [6.07, 6.45) is 14.8. The van der Waals surface area contributed by atoms with Crippen molar-refractivity contribution in [3.05, 3.63) is 11.6 Å². The first kappa shape index (κ1) is 22.7. The van der Waals surface area contributed by atoms with Gasteiger partial charge in [0.25, 0.3) is 0 Å². The van der Waals surface area contributed by atoms with Gasteiger partial charge >= 0.3 is 0 Å². The minimum atomic E-state index is -0.302. The number of allylic oxidation sites excluding steroid dienone is 1. The Kier molecular flexibility index (Phi) is 4.88. The van der Waals surface area contributed by atoms with Crippen molar-refractivity contribution >= 4 is 0 Å². The van der Waals surface area contributed by atoms with Gasteiger partial charge in [-0.25, -0.2) is 0 Å². The molecule has 0 aromatic heterocycles. The van der Waals surface area contributed by atoms with Crippen LogP contribution in [0.25, 0.3) is 0 Å². The van der Waals surface area contributed by atoms with Gasteiger partial charge in [-0.15, -0.1) is 0 Å². The zero-order valence-electron chi connectivity index (χ0n) is 22.0. The van der Waals surface area contributed by atoms with Crippen molar-refractivity contribution in [1.82, 2.24) is 9.80 Å². The van der Waals surface area contributed by atoms with Gasteiger partial charge in [0.15, 0.2) is 5.79 Å². The van der Waals surface area contributed by atoms with E-state index in [0.29, 0.717) is 10.8 Å². The molecule has 3 spiro atoms.